The zero-order valence-electron chi connectivity index (χ0n) is 22.9. The van der Waals surface area contributed by atoms with Gasteiger partial charge >= 0.3 is 0 Å². The first-order valence-corrected chi connectivity index (χ1v) is 17.1. The van der Waals surface area contributed by atoms with Crippen molar-refractivity contribution >= 4 is 36.0 Å². The molecule has 0 unspecified atom stereocenters. The second kappa shape index (κ2) is 10.9. The maximum absolute atomic E-state index is 13.9. The number of nitriles is 1. The van der Waals surface area contributed by atoms with Gasteiger partial charge < -0.3 is 14.6 Å². The molecule has 1 aromatic carbocycles. The topological polar surface area (TPSA) is 111 Å². The number of carbonyl (C=O) groups is 1. The quantitative estimate of drug-likeness (QED) is 0.226. The zero-order chi connectivity index (χ0) is 27.7. The molecule has 9 nitrogen and oxygen atoms in total. The van der Waals surface area contributed by atoms with Crippen LogP contribution in [-0.2, 0) is 18.5 Å². The number of hydrogen-bond acceptors (Lipinski definition) is 6. The second-order valence-electron chi connectivity index (χ2n) is 11.6. The van der Waals surface area contributed by atoms with Crippen LogP contribution in [0.1, 0.15) is 36.0 Å². The Morgan fingerprint density at radius 2 is 2.13 bits per heavy atom. The van der Waals surface area contributed by atoms with Crippen molar-refractivity contribution in [2.45, 2.75) is 64.1 Å². The molecule has 0 bridgehead atoms. The predicted molar refractivity (Wildman–Crippen MR) is 150 cm³/mol. The summed E-state index contributed by atoms with van der Waals surface area (Å²) in [5, 5.41) is 17.5. The molecule has 0 saturated heterocycles. The number of carbonyl (C=O) groups excluding carboxylic acids is 1. The van der Waals surface area contributed by atoms with Gasteiger partial charge in [0.15, 0.2) is 5.65 Å². The number of halogens is 1. The van der Waals surface area contributed by atoms with E-state index in [1.165, 1.54) is 12.1 Å². The van der Waals surface area contributed by atoms with E-state index in [4.69, 9.17) is 15.0 Å². The van der Waals surface area contributed by atoms with Gasteiger partial charge in [-0.25, -0.2) is 14.4 Å². The number of aryl methyl sites for hydroxylation is 1. The summed E-state index contributed by atoms with van der Waals surface area (Å²) in [4.78, 5) is 23.0. The summed E-state index contributed by atoms with van der Waals surface area (Å²) in [5.41, 5.74) is 3.15. The SMILES string of the molecule is Cn1nc(-c2cnc3c(n2)c(C(=O)N[C@H]2CC[C@@H](CC#N)C2)cn3COCC[Si](C)(C)C)c2ccc(F)cc21. The van der Waals surface area contributed by atoms with E-state index in [2.05, 4.69) is 41.1 Å². The molecule has 0 radical (unpaired) electrons. The third-order valence-electron chi connectivity index (χ3n) is 7.35. The van der Waals surface area contributed by atoms with E-state index >= 15 is 0 Å². The molecule has 1 aliphatic rings. The smallest absolute Gasteiger partial charge is 0.255 e. The first-order valence-electron chi connectivity index (χ1n) is 13.4. The van der Waals surface area contributed by atoms with Crippen molar-refractivity contribution in [3.63, 3.8) is 0 Å². The van der Waals surface area contributed by atoms with Crippen molar-refractivity contribution in [3.8, 4) is 17.5 Å². The van der Waals surface area contributed by atoms with E-state index in [0.29, 0.717) is 52.6 Å². The molecule has 1 saturated carbocycles. The summed E-state index contributed by atoms with van der Waals surface area (Å²) in [6.45, 7) is 7.81. The summed E-state index contributed by atoms with van der Waals surface area (Å²) >= 11 is 0. The van der Waals surface area contributed by atoms with E-state index in [1.54, 1.807) is 30.2 Å². The largest absolute Gasteiger partial charge is 0.361 e. The number of nitrogens with one attached hydrogen (secondary N) is 1. The van der Waals surface area contributed by atoms with Gasteiger partial charge in [-0.3, -0.25) is 9.48 Å². The fraction of sp³-hybridized carbons (Fsp3) is 0.464. The molecule has 204 valence electrons. The molecule has 11 heteroatoms. The van der Waals surface area contributed by atoms with Gasteiger partial charge in [0, 0.05) is 45.8 Å². The lowest BCUT2D eigenvalue weighted by Crippen LogP contribution is -2.33. The number of aromatic nitrogens is 5. The maximum Gasteiger partial charge on any atom is 0.255 e. The number of ether oxygens (including phenoxy) is 1. The van der Waals surface area contributed by atoms with E-state index in [9.17, 15) is 9.18 Å². The molecule has 5 rings (SSSR count). The van der Waals surface area contributed by atoms with E-state index in [1.807, 2.05) is 4.57 Å². The fourth-order valence-electron chi connectivity index (χ4n) is 5.18. The standard InChI is InChI=1S/C28H34FN7O2Si/c1-35-24-14-19(29)6-8-21(24)25(34-35)23-15-31-27-26(33-23)22(16-36(27)17-38-11-12-39(2,3)4)28(37)32-20-7-5-18(13-20)9-10-30/h6,8,14-16,18,20H,5,7,9,11-13,17H2,1-4H3,(H,32,37)/t18-,20-/m0/s1. The van der Waals surface area contributed by atoms with Gasteiger partial charge in [0.25, 0.3) is 5.91 Å². The van der Waals surface area contributed by atoms with Crippen molar-refractivity contribution in [3.05, 3.63) is 42.0 Å². The Kier molecular flexibility index (Phi) is 7.51. The van der Waals surface area contributed by atoms with Gasteiger partial charge in [0.2, 0.25) is 0 Å². The molecule has 0 aliphatic heterocycles. The van der Waals surface area contributed by atoms with Gasteiger partial charge in [-0.2, -0.15) is 10.4 Å². The van der Waals surface area contributed by atoms with Crippen molar-refractivity contribution < 1.29 is 13.9 Å². The van der Waals surface area contributed by atoms with Crippen LogP contribution >= 0.6 is 0 Å². The number of amides is 1. The highest BCUT2D eigenvalue weighted by Crippen LogP contribution is 2.30. The van der Waals surface area contributed by atoms with E-state index in [-0.39, 0.29) is 24.5 Å². The van der Waals surface area contributed by atoms with Gasteiger partial charge in [0.05, 0.1) is 23.3 Å². The molecular weight excluding hydrogens is 513 g/mol. The summed E-state index contributed by atoms with van der Waals surface area (Å²) in [6, 6.07) is 7.81. The van der Waals surface area contributed by atoms with Crippen LogP contribution in [0.5, 0.6) is 0 Å². The Hall–Kier alpha value is -3.62. The normalized spacial score (nSPS) is 17.6. The number of hydrogen-bond donors (Lipinski definition) is 1. The molecule has 1 amide bonds. The average Bonchev–Trinajstić information content (AvgIpc) is 3.57. The van der Waals surface area contributed by atoms with Crippen molar-refractivity contribution in [1.82, 2.24) is 29.6 Å². The van der Waals surface area contributed by atoms with E-state index in [0.717, 1.165) is 30.7 Å². The molecule has 3 aromatic heterocycles. The number of nitrogens with zero attached hydrogens (tertiary/aromatic N) is 6. The van der Waals surface area contributed by atoms with Crippen LogP contribution in [0.15, 0.2) is 30.6 Å². The lowest BCUT2D eigenvalue weighted by molar-refractivity contribution is 0.0889. The van der Waals surface area contributed by atoms with Crippen molar-refractivity contribution in [1.29, 1.82) is 5.26 Å². The summed E-state index contributed by atoms with van der Waals surface area (Å²) in [6.07, 6.45) is 6.48. The average molecular weight is 548 g/mol. The minimum atomic E-state index is -1.24. The fourth-order valence-corrected chi connectivity index (χ4v) is 5.93. The van der Waals surface area contributed by atoms with Gasteiger partial charge in [-0.05, 0) is 49.4 Å². The van der Waals surface area contributed by atoms with Crippen LogP contribution in [0.2, 0.25) is 25.7 Å². The molecule has 1 N–H and O–H groups in total. The molecule has 3 heterocycles. The van der Waals surface area contributed by atoms with Crippen molar-refractivity contribution in [2.75, 3.05) is 6.61 Å². The third-order valence-corrected chi connectivity index (χ3v) is 9.05. The maximum atomic E-state index is 13.9. The third kappa shape index (κ3) is 5.87. The van der Waals surface area contributed by atoms with Crippen LogP contribution in [0.3, 0.4) is 0 Å². The van der Waals surface area contributed by atoms with Gasteiger partial charge in [-0.1, -0.05) is 19.6 Å². The number of fused-ring (bicyclic) bond motifs is 2. The highest BCUT2D eigenvalue weighted by Gasteiger charge is 2.28. The molecule has 0 spiro atoms. The van der Waals surface area contributed by atoms with E-state index < -0.39 is 8.07 Å². The summed E-state index contributed by atoms with van der Waals surface area (Å²) in [5.74, 6) is -0.245. The number of benzene rings is 1. The van der Waals surface area contributed by atoms with Crippen LogP contribution in [0.25, 0.3) is 33.5 Å². The Morgan fingerprint density at radius 3 is 2.90 bits per heavy atom. The lowest BCUT2D eigenvalue weighted by atomic mass is 10.1. The minimum absolute atomic E-state index is 0.0213. The Bertz CT molecular complexity index is 1570. The lowest BCUT2D eigenvalue weighted by Gasteiger charge is -2.15. The molecule has 4 aromatic rings. The first-order chi connectivity index (χ1) is 18.6. The second-order valence-corrected chi connectivity index (χ2v) is 17.3. The molecule has 2 atom stereocenters. The highest BCUT2D eigenvalue weighted by atomic mass is 28.3. The van der Waals surface area contributed by atoms with Crippen LogP contribution in [-0.4, -0.2) is 50.9 Å². The van der Waals surface area contributed by atoms with Gasteiger partial charge in [-0.15, -0.1) is 0 Å². The number of rotatable bonds is 9. The molecule has 1 aliphatic carbocycles. The van der Waals surface area contributed by atoms with Crippen LogP contribution in [0, 0.1) is 23.1 Å². The highest BCUT2D eigenvalue weighted by molar-refractivity contribution is 6.76. The predicted octanol–water partition coefficient (Wildman–Crippen LogP) is 5.25. The first kappa shape index (κ1) is 27.0. The molecule has 1 fully saturated rings. The van der Waals surface area contributed by atoms with Crippen LogP contribution < -0.4 is 5.32 Å². The Labute approximate surface area is 228 Å². The minimum Gasteiger partial charge on any atom is -0.361 e. The Balaban J connectivity index is 1.48. The van der Waals surface area contributed by atoms with Crippen LogP contribution in [0.4, 0.5) is 4.39 Å². The zero-order valence-corrected chi connectivity index (χ0v) is 23.9. The Morgan fingerprint density at radius 1 is 1.31 bits per heavy atom. The van der Waals surface area contributed by atoms with Gasteiger partial charge in [0.1, 0.15) is 29.5 Å². The molecular formula is C28H34FN7O2Si. The van der Waals surface area contributed by atoms with Crippen molar-refractivity contribution in [2.24, 2.45) is 13.0 Å². The molecule has 39 heavy (non-hydrogen) atoms. The summed E-state index contributed by atoms with van der Waals surface area (Å²) in [7, 11) is 0.513. The summed E-state index contributed by atoms with van der Waals surface area (Å²) < 4.78 is 23.3. The monoisotopic (exact) mass is 547 g/mol.